The second-order valence-electron chi connectivity index (χ2n) is 3.78. The Bertz CT molecular complexity index is 644. The van der Waals surface area contributed by atoms with Crippen LogP contribution < -0.4 is 10.7 Å². The summed E-state index contributed by atoms with van der Waals surface area (Å²) in [6, 6.07) is 16.7. The largest absolute Gasteiger partial charge is 0.325 e. The minimum absolute atomic E-state index is 1.04. The Hall–Kier alpha value is -1.93. The van der Waals surface area contributed by atoms with E-state index in [-0.39, 0.29) is 0 Å². The minimum atomic E-state index is 1.04. The van der Waals surface area contributed by atoms with Crippen LogP contribution in [0.2, 0.25) is 0 Å². The average molecular weight is 196 g/mol. The van der Waals surface area contributed by atoms with Gasteiger partial charge in [0.25, 0.3) is 0 Å². The number of hydrogen-bond donors (Lipinski definition) is 1. The van der Waals surface area contributed by atoms with Gasteiger partial charge in [-0.1, -0.05) is 12.1 Å². The maximum absolute atomic E-state index is 3.93. The Labute approximate surface area is 87.4 Å². The lowest BCUT2D eigenvalue weighted by Crippen LogP contribution is -2.40. The van der Waals surface area contributed by atoms with Crippen molar-refractivity contribution in [3.8, 4) is 0 Å². The average Bonchev–Trinajstić information content (AvgIpc) is 2.26. The predicted octanol–water partition coefficient (Wildman–Crippen LogP) is 1.68. The van der Waals surface area contributed by atoms with E-state index in [9.17, 15) is 0 Å². The van der Waals surface area contributed by atoms with E-state index in [0.29, 0.717) is 0 Å². The van der Waals surface area contributed by atoms with Crippen LogP contribution in [0.15, 0.2) is 48.5 Å². The van der Waals surface area contributed by atoms with Gasteiger partial charge in [0.1, 0.15) is 5.69 Å². The summed E-state index contributed by atoms with van der Waals surface area (Å²) in [6.07, 6.45) is 0. The summed E-state index contributed by atoms with van der Waals surface area (Å²) in [5.74, 6) is 0. The van der Waals surface area contributed by atoms with Gasteiger partial charge in [0, 0.05) is 16.8 Å². The Morgan fingerprint density at radius 2 is 1.60 bits per heavy atom. The number of quaternary nitrogens is 1. The number of benzene rings is 2. The highest BCUT2D eigenvalue weighted by molar-refractivity contribution is 5.88. The smallest absolute Gasteiger partial charge is 0.217 e. The molecule has 1 aromatic heterocycles. The second kappa shape index (κ2) is 3.04. The molecule has 0 saturated carbocycles. The van der Waals surface area contributed by atoms with Crippen LogP contribution in [0.1, 0.15) is 0 Å². The molecular weight excluding hydrogens is 184 g/mol. The molecule has 0 aliphatic carbocycles. The summed E-state index contributed by atoms with van der Waals surface area (Å²) in [5, 5.41) is 2.46. The lowest BCUT2D eigenvalue weighted by Gasteiger charge is -1.95. The summed E-state index contributed by atoms with van der Waals surface area (Å²) in [6.45, 7) is 0. The number of aromatic amines is 1. The van der Waals surface area contributed by atoms with E-state index in [1.54, 1.807) is 0 Å². The zero-order valence-electron chi connectivity index (χ0n) is 8.33. The molecule has 0 unspecified atom stereocenters. The second-order valence-corrected chi connectivity index (χ2v) is 3.78. The summed E-state index contributed by atoms with van der Waals surface area (Å²) in [7, 11) is 0. The van der Waals surface area contributed by atoms with Crippen molar-refractivity contribution >= 4 is 27.5 Å². The summed E-state index contributed by atoms with van der Waals surface area (Å²) < 4.78 is 0. The van der Waals surface area contributed by atoms with Gasteiger partial charge in [0.15, 0.2) is 0 Å². The van der Waals surface area contributed by atoms with E-state index in [0.717, 1.165) is 16.7 Å². The number of para-hydroxylation sites is 1. The maximum Gasteiger partial charge on any atom is 0.217 e. The van der Waals surface area contributed by atoms with Gasteiger partial charge in [-0.05, 0) is 24.3 Å². The fourth-order valence-electron chi connectivity index (χ4n) is 1.89. The zero-order valence-corrected chi connectivity index (χ0v) is 8.33. The van der Waals surface area contributed by atoms with Crippen LogP contribution in [0.25, 0.3) is 21.8 Å². The van der Waals surface area contributed by atoms with Gasteiger partial charge < -0.3 is 5.73 Å². The van der Waals surface area contributed by atoms with Crippen LogP contribution in [0, 0.1) is 0 Å². The zero-order chi connectivity index (χ0) is 10.3. The third-order valence-electron chi connectivity index (χ3n) is 2.66. The molecule has 1 heterocycles. The van der Waals surface area contributed by atoms with Crippen molar-refractivity contribution in [1.29, 1.82) is 0 Å². The van der Waals surface area contributed by atoms with Crippen molar-refractivity contribution in [2.45, 2.75) is 0 Å². The van der Waals surface area contributed by atoms with E-state index in [4.69, 9.17) is 0 Å². The Morgan fingerprint density at radius 3 is 2.53 bits per heavy atom. The van der Waals surface area contributed by atoms with Gasteiger partial charge in [-0.15, -0.1) is 0 Å². The summed E-state index contributed by atoms with van der Waals surface area (Å²) >= 11 is 0. The molecule has 0 aliphatic rings. The van der Waals surface area contributed by atoms with Crippen molar-refractivity contribution in [2.24, 2.45) is 0 Å². The predicted molar refractivity (Wildman–Crippen MR) is 60.6 cm³/mol. The van der Waals surface area contributed by atoms with E-state index in [1.807, 2.05) is 12.1 Å². The quantitative estimate of drug-likeness (QED) is 0.532. The molecule has 0 saturated heterocycles. The molecule has 4 N–H and O–H groups in total. The molecule has 72 valence electrons. The van der Waals surface area contributed by atoms with Crippen LogP contribution in [0.3, 0.4) is 0 Å². The third kappa shape index (κ3) is 1.35. The molecule has 0 spiro atoms. The number of hydrogen-bond acceptors (Lipinski definition) is 0. The molecule has 0 atom stereocenters. The first-order valence-electron chi connectivity index (χ1n) is 5.00. The maximum atomic E-state index is 3.93. The van der Waals surface area contributed by atoms with E-state index >= 15 is 0 Å². The van der Waals surface area contributed by atoms with E-state index < -0.39 is 0 Å². The van der Waals surface area contributed by atoms with Crippen LogP contribution in [-0.2, 0) is 0 Å². The molecule has 0 fully saturated rings. The first kappa shape index (κ1) is 8.38. The van der Waals surface area contributed by atoms with E-state index in [2.05, 4.69) is 47.1 Å². The van der Waals surface area contributed by atoms with Gasteiger partial charge in [-0.25, -0.2) is 4.98 Å². The highest BCUT2D eigenvalue weighted by Crippen LogP contribution is 2.17. The molecule has 0 bridgehead atoms. The first-order valence-corrected chi connectivity index (χ1v) is 5.00. The highest BCUT2D eigenvalue weighted by atomic mass is 14.7. The van der Waals surface area contributed by atoms with Gasteiger partial charge in [-0.3, -0.25) is 0 Å². The lowest BCUT2D eigenvalue weighted by molar-refractivity contribution is -0.311. The van der Waals surface area contributed by atoms with Crippen LogP contribution in [-0.4, -0.2) is 0 Å². The van der Waals surface area contributed by atoms with Crippen molar-refractivity contribution in [1.82, 2.24) is 0 Å². The molecule has 0 aliphatic heterocycles. The topological polar surface area (TPSA) is 41.8 Å². The lowest BCUT2D eigenvalue weighted by atomic mass is 10.1. The number of rotatable bonds is 0. The van der Waals surface area contributed by atoms with E-state index in [1.165, 1.54) is 10.8 Å². The van der Waals surface area contributed by atoms with Gasteiger partial charge >= 0.3 is 0 Å². The molecule has 3 aromatic rings. The molecule has 2 aromatic carbocycles. The Kier molecular flexibility index (Phi) is 1.70. The Balaban J connectivity index is 2.47. The van der Waals surface area contributed by atoms with Crippen molar-refractivity contribution in [3.05, 3.63) is 48.5 Å². The van der Waals surface area contributed by atoms with Gasteiger partial charge in [0.05, 0.1) is 6.07 Å². The van der Waals surface area contributed by atoms with Crippen LogP contribution in [0.4, 0.5) is 5.69 Å². The highest BCUT2D eigenvalue weighted by Gasteiger charge is 2.05. The molecule has 2 nitrogen and oxygen atoms in total. The number of fused-ring (bicyclic) bond motifs is 2. The van der Waals surface area contributed by atoms with Gasteiger partial charge in [0.2, 0.25) is 11.0 Å². The number of aromatic nitrogens is 1. The normalized spacial score (nSPS) is 11.0. The number of pyridine rings is 1. The van der Waals surface area contributed by atoms with Crippen molar-refractivity contribution in [3.63, 3.8) is 0 Å². The molecule has 2 heteroatoms. The monoisotopic (exact) mass is 196 g/mol. The summed E-state index contributed by atoms with van der Waals surface area (Å²) in [4.78, 5) is 3.41. The standard InChI is InChI=1S/C13H10N2/c14-11-6-5-10-7-9-3-1-2-4-12(9)15-13(10)8-11/h1-8H,14H2/p+2. The molecule has 3 rings (SSSR count). The fraction of sp³-hybridized carbons (Fsp3) is 0. The van der Waals surface area contributed by atoms with Crippen LogP contribution in [0.5, 0.6) is 0 Å². The van der Waals surface area contributed by atoms with Crippen molar-refractivity contribution < 1.29 is 10.7 Å². The molecule has 15 heavy (non-hydrogen) atoms. The first-order chi connectivity index (χ1) is 7.33. The number of H-pyrrole nitrogens is 1. The molecule has 0 amide bonds. The SMILES string of the molecule is [NH3+]c1ccc2cc3ccccc3[nH+]c2c1. The fourth-order valence-corrected chi connectivity index (χ4v) is 1.89. The molecule has 0 radical (unpaired) electrons. The summed E-state index contributed by atoms with van der Waals surface area (Å²) in [5.41, 5.74) is 7.27. The Morgan fingerprint density at radius 1 is 0.800 bits per heavy atom. The molecular formula is C13H12N2+2. The number of nitrogens with one attached hydrogen (secondary N) is 1. The van der Waals surface area contributed by atoms with Crippen molar-refractivity contribution in [2.75, 3.05) is 0 Å². The van der Waals surface area contributed by atoms with Crippen LogP contribution >= 0.6 is 0 Å². The third-order valence-corrected chi connectivity index (χ3v) is 2.66. The van der Waals surface area contributed by atoms with Gasteiger partial charge in [-0.2, -0.15) is 0 Å². The minimum Gasteiger partial charge on any atom is -0.325 e.